The summed E-state index contributed by atoms with van der Waals surface area (Å²) in [5, 5.41) is 6.30. The van der Waals surface area contributed by atoms with Crippen LogP contribution in [-0.4, -0.2) is 50.3 Å². The lowest BCUT2D eigenvalue weighted by Gasteiger charge is -2.44. The maximum absolute atomic E-state index is 13.6. The van der Waals surface area contributed by atoms with Crippen molar-refractivity contribution in [2.24, 2.45) is 0 Å². The molecule has 0 spiro atoms. The molecule has 1 aliphatic heterocycles. The van der Waals surface area contributed by atoms with Gasteiger partial charge in [0.25, 0.3) is 11.8 Å². The van der Waals surface area contributed by atoms with E-state index in [0.717, 1.165) is 31.2 Å². The molecule has 0 bridgehead atoms. The Morgan fingerprint density at radius 2 is 2.00 bits per heavy atom. The molecule has 1 fully saturated rings. The molecule has 33 heavy (non-hydrogen) atoms. The van der Waals surface area contributed by atoms with Crippen molar-refractivity contribution in [2.75, 3.05) is 11.9 Å². The van der Waals surface area contributed by atoms with E-state index in [1.165, 1.54) is 6.33 Å². The molecule has 2 aromatic rings. The van der Waals surface area contributed by atoms with Gasteiger partial charge in [-0.15, -0.1) is 0 Å². The molecule has 3 amide bonds. The highest BCUT2D eigenvalue weighted by Gasteiger charge is 2.48. The Morgan fingerprint density at radius 1 is 1.27 bits per heavy atom. The van der Waals surface area contributed by atoms with Gasteiger partial charge >= 0.3 is 0 Å². The third-order valence-electron chi connectivity index (χ3n) is 6.57. The number of nitrogens with one attached hydrogen (secondary N) is 2. The van der Waals surface area contributed by atoms with Gasteiger partial charge in [0.15, 0.2) is 5.69 Å². The normalized spacial score (nSPS) is 20.6. The van der Waals surface area contributed by atoms with Crippen LogP contribution < -0.4 is 10.6 Å². The number of aromatic nitrogens is 2. The molecule has 1 aromatic heterocycles. The number of nitrogens with zero attached hydrogens (tertiary/aromatic N) is 3. The van der Waals surface area contributed by atoms with Gasteiger partial charge in [-0.3, -0.25) is 14.4 Å². The van der Waals surface area contributed by atoms with Crippen molar-refractivity contribution in [1.82, 2.24) is 19.8 Å². The first kappa shape index (κ1) is 23.3. The number of rotatable bonds is 6. The highest BCUT2D eigenvalue weighted by molar-refractivity contribution is 6.34. The van der Waals surface area contributed by atoms with Gasteiger partial charge in [-0.1, -0.05) is 37.4 Å². The largest absolute Gasteiger partial charge is 0.351 e. The van der Waals surface area contributed by atoms with Gasteiger partial charge in [0.2, 0.25) is 5.91 Å². The fraction of sp³-hybridized carbons (Fsp3) is 0.500. The Hall–Kier alpha value is -2.87. The van der Waals surface area contributed by atoms with E-state index < -0.39 is 11.4 Å². The van der Waals surface area contributed by atoms with E-state index >= 15 is 0 Å². The predicted octanol–water partition coefficient (Wildman–Crippen LogP) is 3.78. The number of carbonyl (C=O) groups excluding carboxylic acids is 3. The molecule has 1 unspecified atom stereocenters. The van der Waals surface area contributed by atoms with Crippen LogP contribution >= 0.6 is 11.6 Å². The number of aryl methyl sites for hydroxylation is 1. The van der Waals surface area contributed by atoms with Gasteiger partial charge in [-0.25, -0.2) is 4.98 Å². The van der Waals surface area contributed by atoms with Gasteiger partial charge in [0, 0.05) is 12.6 Å². The van der Waals surface area contributed by atoms with E-state index in [1.54, 1.807) is 28.5 Å². The summed E-state index contributed by atoms with van der Waals surface area (Å²) in [4.78, 5) is 45.8. The zero-order valence-electron chi connectivity index (χ0n) is 19.3. The van der Waals surface area contributed by atoms with Gasteiger partial charge in [0.05, 0.1) is 23.6 Å². The summed E-state index contributed by atoms with van der Waals surface area (Å²) in [6.45, 7) is 6.30. The summed E-state index contributed by atoms with van der Waals surface area (Å²) in [5.74, 6) is -1.05. The third kappa shape index (κ3) is 4.36. The van der Waals surface area contributed by atoms with Crippen LogP contribution in [0, 0.1) is 6.92 Å². The van der Waals surface area contributed by atoms with Crippen molar-refractivity contribution < 1.29 is 14.4 Å². The molecule has 4 rings (SSSR count). The number of imidazole rings is 1. The number of carbonyl (C=O) groups is 3. The number of halogens is 1. The van der Waals surface area contributed by atoms with Crippen molar-refractivity contribution >= 4 is 35.0 Å². The Bertz CT molecular complexity index is 1090. The first-order valence-electron chi connectivity index (χ1n) is 11.5. The summed E-state index contributed by atoms with van der Waals surface area (Å²) in [6, 6.07) is 5.46. The van der Waals surface area contributed by atoms with E-state index in [9.17, 15) is 14.4 Å². The Labute approximate surface area is 198 Å². The quantitative estimate of drug-likeness (QED) is 0.670. The molecule has 2 heterocycles. The predicted molar refractivity (Wildman–Crippen MR) is 127 cm³/mol. The molecule has 8 nitrogen and oxygen atoms in total. The summed E-state index contributed by atoms with van der Waals surface area (Å²) in [7, 11) is 0. The third-order valence-corrected chi connectivity index (χ3v) is 6.89. The molecule has 2 aliphatic rings. The fourth-order valence-electron chi connectivity index (χ4n) is 4.74. The van der Waals surface area contributed by atoms with Crippen LogP contribution in [0.3, 0.4) is 0 Å². The molecular weight excluding hydrogens is 442 g/mol. The molecule has 176 valence electrons. The van der Waals surface area contributed by atoms with E-state index in [1.807, 2.05) is 19.9 Å². The van der Waals surface area contributed by atoms with Crippen LogP contribution in [0.4, 0.5) is 5.69 Å². The molecule has 1 aromatic carbocycles. The van der Waals surface area contributed by atoms with Crippen LogP contribution in [0.1, 0.15) is 72.5 Å². The minimum absolute atomic E-state index is 0.0241. The lowest BCUT2D eigenvalue weighted by atomic mass is 9.93. The number of benzene rings is 1. The van der Waals surface area contributed by atoms with E-state index in [-0.39, 0.29) is 35.8 Å². The fourth-order valence-corrected chi connectivity index (χ4v) is 5.02. The van der Waals surface area contributed by atoms with Gasteiger partial charge in [0.1, 0.15) is 11.2 Å². The zero-order chi connectivity index (χ0) is 23.8. The minimum Gasteiger partial charge on any atom is -0.351 e. The highest BCUT2D eigenvalue weighted by Crippen LogP contribution is 2.31. The van der Waals surface area contributed by atoms with Gasteiger partial charge in [-0.2, -0.15) is 0 Å². The topological polar surface area (TPSA) is 96.3 Å². The average molecular weight is 472 g/mol. The van der Waals surface area contributed by atoms with E-state index in [2.05, 4.69) is 15.6 Å². The van der Waals surface area contributed by atoms with E-state index in [0.29, 0.717) is 23.7 Å². The Balaban J connectivity index is 1.63. The summed E-state index contributed by atoms with van der Waals surface area (Å²) in [6.07, 6.45) is 6.29. The van der Waals surface area contributed by atoms with Crippen molar-refractivity contribution in [1.29, 1.82) is 0 Å². The Kier molecular flexibility index (Phi) is 6.47. The SMILES string of the molecule is CCCN1C(=O)c2c(C(=O)Nc3ccc(C)cc3Cl)ncn2CC1(C)C(=O)NC1CCCC1. The molecule has 9 heteroatoms. The standard InChI is InChI=1S/C24H30ClN5O3/c1-4-11-30-22(32)20-19(21(31)28-18-10-9-15(2)12-17(18)25)26-14-29(20)13-24(30,3)23(33)27-16-7-5-6-8-16/h9-10,12,14,16H,4-8,11,13H2,1-3H3,(H,27,33)(H,28,31). The minimum atomic E-state index is -1.06. The first-order chi connectivity index (χ1) is 15.7. The molecular formula is C24H30ClN5O3. The average Bonchev–Trinajstić information content (AvgIpc) is 3.43. The monoisotopic (exact) mass is 471 g/mol. The van der Waals surface area contributed by atoms with Gasteiger partial charge in [-0.05, 0) is 50.8 Å². The molecule has 1 atom stereocenters. The molecule has 0 radical (unpaired) electrons. The summed E-state index contributed by atoms with van der Waals surface area (Å²) >= 11 is 6.25. The zero-order valence-corrected chi connectivity index (χ0v) is 20.0. The number of amides is 3. The lowest BCUT2D eigenvalue weighted by Crippen LogP contribution is -2.65. The Morgan fingerprint density at radius 3 is 2.67 bits per heavy atom. The second-order valence-corrected chi connectivity index (χ2v) is 9.60. The van der Waals surface area contributed by atoms with Crippen molar-refractivity contribution in [2.45, 2.75) is 71.0 Å². The maximum Gasteiger partial charge on any atom is 0.276 e. The van der Waals surface area contributed by atoms with Crippen LogP contribution in [0.2, 0.25) is 5.02 Å². The second kappa shape index (κ2) is 9.17. The number of anilines is 1. The summed E-state index contributed by atoms with van der Waals surface area (Å²) < 4.78 is 1.62. The van der Waals surface area contributed by atoms with Crippen LogP contribution in [-0.2, 0) is 11.3 Å². The first-order valence-corrected chi connectivity index (χ1v) is 11.9. The van der Waals surface area contributed by atoms with Crippen molar-refractivity contribution in [3.8, 4) is 0 Å². The highest BCUT2D eigenvalue weighted by atomic mass is 35.5. The van der Waals surface area contributed by atoms with Gasteiger partial charge < -0.3 is 20.1 Å². The molecule has 1 aliphatic carbocycles. The van der Waals surface area contributed by atoms with Crippen molar-refractivity contribution in [3.05, 3.63) is 46.5 Å². The second-order valence-electron chi connectivity index (χ2n) is 9.19. The number of hydrogen-bond donors (Lipinski definition) is 2. The molecule has 0 saturated heterocycles. The lowest BCUT2D eigenvalue weighted by molar-refractivity contribution is -0.133. The maximum atomic E-state index is 13.6. The number of fused-ring (bicyclic) bond motifs is 1. The molecule has 1 saturated carbocycles. The van der Waals surface area contributed by atoms with Crippen LogP contribution in [0.15, 0.2) is 24.5 Å². The smallest absolute Gasteiger partial charge is 0.276 e. The summed E-state index contributed by atoms with van der Waals surface area (Å²) in [5.41, 5.74) is 0.574. The van der Waals surface area contributed by atoms with Crippen LogP contribution in [0.25, 0.3) is 0 Å². The van der Waals surface area contributed by atoms with Crippen molar-refractivity contribution in [3.63, 3.8) is 0 Å². The number of hydrogen-bond acceptors (Lipinski definition) is 4. The molecule has 2 N–H and O–H groups in total. The van der Waals surface area contributed by atoms with Crippen LogP contribution in [0.5, 0.6) is 0 Å². The van der Waals surface area contributed by atoms with E-state index in [4.69, 9.17) is 11.6 Å².